The molecule has 0 aliphatic rings. The van der Waals surface area contributed by atoms with Crippen molar-refractivity contribution < 1.29 is 42.9 Å². The zero-order valence-corrected chi connectivity index (χ0v) is 53.4. The molecule has 9 heteroatoms. The quantitative estimate of drug-likeness (QED) is 0.0211. The van der Waals surface area contributed by atoms with E-state index in [1.807, 2.05) is 21.1 Å². The molecule has 0 saturated carbocycles. The fraction of sp³-hybridized carbons (Fsp3) is 0.764. The largest absolute Gasteiger partial charge is 0.477 e. The van der Waals surface area contributed by atoms with Gasteiger partial charge in [0.25, 0.3) is 6.29 Å². The van der Waals surface area contributed by atoms with Crippen LogP contribution in [0.2, 0.25) is 0 Å². The van der Waals surface area contributed by atoms with E-state index in [0.717, 1.165) is 77.0 Å². The minimum Gasteiger partial charge on any atom is -0.477 e. The number of nitrogens with zero attached hydrogens (tertiary/aromatic N) is 1. The fourth-order valence-corrected chi connectivity index (χ4v) is 9.48. The lowest BCUT2D eigenvalue weighted by Gasteiger charge is -2.25. The van der Waals surface area contributed by atoms with Gasteiger partial charge in [-0.15, -0.1) is 0 Å². The van der Waals surface area contributed by atoms with E-state index in [0.29, 0.717) is 17.4 Å². The number of carboxylic acids is 1. The first-order chi connectivity index (χ1) is 39.6. The maximum atomic E-state index is 12.9. The lowest BCUT2D eigenvalue weighted by atomic mass is 10.0. The van der Waals surface area contributed by atoms with E-state index in [9.17, 15) is 19.5 Å². The maximum absolute atomic E-state index is 12.9. The number of aliphatic carboxylic acids is 1. The van der Waals surface area contributed by atoms with E-state index in [1.165, 1.54) is 193 Å². The summed E-state index contributed by atoms with van der Waals surface area (Å²) in [5.74, 6) is -2.00. The number of quaternary nitrogens is 1. The average Bonchev–Trinajstić information content (AvgIpc) is 3.44. The molecule has 0 bridgehead atoms. The lowest BCUT2D eigenvalue weighted by molar-refractivity contribution is -0.870. The van der Waals surface area contributed by atoms with Crippen molar-refractivity contribution >= 4 is 17.9 Å². The molecule has 0 aromatic rings. The molecule has 9 nitrogen and oxygen atoms in total. The Kier molecular flexibility index (Phi) is 59.8. The highest BCUT2D eigenvalue weighted by Crippen LogP contribution is 2.17. The van der Waals surface area contributed by atoms with Crippen LogP contribution in [0, 0.1) is 0 Å². The summed E-state index contributed by atoms with van der Waals surface area (Å²) in [5, 5.41) is 9.74. The third-order valence-corrected chi connectivity index (χ3v) is 14.6. The molecular formula is C72H128NO8+. The summed E-state index contributed by atoms with van der Waals surface area (Å²) in [4.78, 5) is 37.6. The molecule has 0 aromatic carbocycles. The molecule has 0 fully saturated rings. The summed E-state index contributed by atoms with van der Waals surface area (Å²) in [6, 6.07) is 0. The van der Waals surface area contributed by atoms with Crippen molar-refractivity contribution in [2.45, 2.75) is 309 Å². The second kappa shape index (κ2) is 62.5. The standard InChI is InChI=1S/C72H127NO8/c1-6-8-10-12-14-16-18-20-22-24-26-28-30-31-32-33-34-35-36-37-38-39-41-43-45-47-49-51-53-55-57-59-61-63-70(75)81-68(67-80-72(71(76)77)78-65-64-73(3,4)5)66-79-69(74)62-60-58-56-54-52-50-48-46-44-42-40-29-27-25-23-21-19-17-15-13-11-9-7-2/h8,10,14,16,19-22,25-28,31-32,68,72H,6-7,9,11-13,15,17-18,23-24,29-30,33-67H2,1-5H3/p+1/b10-8-,16-14-,21-19-,22-20-,27-25-,28-26-,32-31-. The fourth-order valence-electron chi connectivity index (χ4n) is 9.48. The van der Waals surface area contributed by atoms with Crippen LogP contribution in [0.15, 0.2) is 85.1 Å². The summed E-state index contributed by atoms with van der Waals surface area (Å²) in [6.45, 7) is 4.78. The van der Waals surface area contributed by atoms with E-state index in [1.54, 1.807) is 0 Å². The summed E-state index contributed by atoms with van der Waals surface area (Å²) in [5.41, 5.74) is 0. The van der Waals surface area contributed by atoms with Gasteiger partial charge in [0.1, 0.15) is 13.2 Å². The number of esters is 2. The van der Waals surface area contributed by atoms with Crippen molar-refractivity contribution in [3.05, 3.63) is 85.1 Å². The van der Waals surface area contributed by atoms with Crippen LogP contribution >= 0.6 is 0 Å². The van der Waals surface area contributed by atoms with E-state index >= 15 is 0 Å². The van der Waals surface area contributed by atoms with Crippen LogP contribution in [0.4, 0.5) is 0 Å². The molecule has 2 atom stereocenters. The summed E-state index contributed by atoms with van der Waals surface area (Å²) in [6.07, 6.45) is 81.1. The van der Waals surface area contributed by atoms with Crippen molar-refractivity contribution in [1.29, 1.82) is 0 Å². The van der Waals surface area contributed by atoms with Gasteiger partial charge in [-0.1, -0.05) is 279 Å². The summed E-state index contributed by atoms with van der Waals surface area (Å²) < 4.78 is 23.0. The van der Waals surface area contributed by atoms with Crippen LogP contribution in [0.5, 0.6) is 0 Å². The number of likely N-dealkylation sites (N-methyl/N-ethyl adjacent to an activating group) is 1. The SMILES string of the molecule is CC/C=C\C/C=C\C/C=C\C/C=C\C/C=C\CCCCCCCCCCCCCCCCCCCC(=O)OC(COC(=O)CCCCCCCCCCCCC/C=C\C/C=C\CCCCCCC)COC(OCC[N+](C)(C)C)C(=O)O. The molecule has 2 unspecified atom stereocenters. The second-order valence-electron chi connectivity index (χ2n) is 23.7. The van der Waals surface area contributed by atoms with Gasteiger partial charge in [0.15, 0.2) is 6.10 Å². The molecule has 0 radical (unpaired) electrons. The van der Waals surface area contributed by atoms with Crippen LogP contribution in [-0.4, -0.2) is 87.4 Å². The van der Waals surface area contributed by atoms with Crippen LogP contribution in [0.1, 0.15) is 296 Å². The van der Waals surface area contributed by atoms with Crippen LogP contribution < -0.4 is 0 Å². The Bertz CT molecular complexity index is 1600. The summed E-state index contributed by atoms with van der Waals surface area (Å²) in [7, 11) is 5.98. The first-order valence-electron chi connectivity index (χ1n) is 33.8. The monoisotopic (exact) mass is 1130 g/mol. The van der Waals surface area contributed by atoms with Gasteiger partial charge in [-0.3, -0.25) is 9.59 Å². The number of allylic oxidation sites excluding steroid dienone is 14. The molecule has 81 heavy (non-hydrogen) atoms. The second-order valence-corrected chi connectivity index (χ2v) is 23.7. The van der Waals surface area contributed by atoms with E-state index < -0.39 is 24.3 Å². The highest BCUT2D eigenvalue weighted by molar-refractivity contribution is 5.71. The van der Waals surface area contributed by atoms with Gasteiger partial charge in [0.05, 0.1) is 34.4 Å². The Hall–Kier alpha value is -3.53. The molecule has 0 aliphatic carbocycles. The Labute approximate surface area is 500 Å². The molecule has 0 rings (SSSR count). The number of carbonyl (C=O) groups excluding carboxylic acids is 2. The van der Waals surface area contributed by atoms with E-state index in [4.69, 9.17) is 18.9 Å². The van der Waals surface area contributed by atoms with Crippen LogP contribution in [0.3, 0.4) is 0 Å². The van der Waals surface area contributed by atoms with Gasteiger partial charge in [0.2, 0.25) is 0 Å². The predicted octanol–water partition coefficient (Wildman–Crippen LogP) is 20.7. The Balaban J connectivity index is 4.11. The predicted molar refractivity (Wildman–Crippen MR) is 346 cm³/mol. The van der Waals surface area contributed by atoms with Crippen molar-refractivity contribution in [3.8, 4) is 0 Å². The molecular weight excluding hydrogens is 1010 g/mol. The highest BCUT2D eigenvalue weighted by Gasteiger charge is 2.25. The van der Waals surface area contributed by atoms with Gasteiger partial charge in [-0.25, -0.2) is 4.79 Å². The maximum Gasteiger partial charge on any atom is 0.361 e. The summed E-state index contributed by atoms with van der Waals surface area (Å²) >= 11 is 0. The Morgan fingerprint density at radius 3 is 1.05 bits per heavy atom. The third-order valence-electron chi connectivity index (χ3n) is 14.6. The minimum atomic E-state index is -1.51. The first-order valence-corrected chi connectivity index (χ1v) is 33.8. The first kappa shape index (κ1) is 77.5. The van der Waals surface area contributed by atoms with Crippen molar-refractivity contribution in [3.63, 3.8) is 0 Å². The smallest absolute Gasteiger partial charge is 0.361 e. The number of hydrogen-bond donors (Lipinski definition) is 1. The third kappa shape index (κ3) is 63.9. The number of unbranched alkanes of at least 4 members (excludes halogenated alkanes) is 33. The van der Waals surface area contributed by atoms with Gasteiger partial charge in [-0.2, -0.15) is 0 Å². The molecule has 468 valence electrons. The van der Waals surface area contributed by atoms with Gasteiger partial charge >= 0.3 is 17.9 Å². The number of ether oxygens (including phenoxy) is 4. The topological polar surface area (TPSA) is 108 Å². The molecule has 0 aliphatic heterocycles. The Morgan fingerprint density at radius 2 is 0.704 bits per heavy atom. The van der Waals surface area contributed by atoms with Crippen LogP contribution in [0.25, 0.3) is 0 Å². The van der Waals surface area contributed by atoms with Crippen LogP contribution in [-0.2, 0) is 33.3 Å². The van der Waals surface area contributed by atoms with E-state index in [-0.39, 0.29) is 32.2 Å². The van der Waals surface area contributed by atoms with Crippen molar-refractivity contribution in [2.24, 2.45) is 0 Å². The van der Waals surface area contributed by atoms with Gasteiger partial charge < -0.3 is 28.5 Å². The average molecular weight is 1140 g/mol. The zero-order chi connectivity index (χ0) is 59.1. The highest BCUT2D eigenvalue weighted by atomic mass is 16.7. The zero-order valence-electron chi connectivity index (χ0n) is 53.4. The Morgan fingerprint density at radius 1 is 0.383 bits per heavy atom. The molecule has 0 spiro atoms. The normalized spacial score (nSPS) is 13.2. The molecule has 0 heterocycles. The molecule has 0 saturated heterocycles. The molecule has 0 aromatic heterocycles. The number of carbonyl (C=O) groups is 3. The number of carboxylic acid groups (broad SMARTS) is 1. The molecule has 1 N–H and O–H groups in total. The number of rotatable bonds is 62. The van der Waals surface area contributed by atoms with Crippen molar-refractivity contribution in [1.82, 2.24) is 0 Å². The number of hydrogen-bond acceptors (Lipinski definition) is 7. The van der Waals surface area contributed by atoms with E-state index in [2.05, 4.69) is 98.9 Å². The molecule has 0 amide bonds. The van der Waals surface area contributed by atoms with Gasteiger partial charge in [0, 0.05) is 12.8 Å². The van der Waals surface area contributed by atoms with Crippen molar-refractivity contribution in [2.75, 3.05) is 47.5 Å². The minimum absolute atomic E-state index is 0.183. The van der Waals surface area contributed by atoms with Gasteiger partial charge in [-0.05, 0) is 89.9 Å². The lowest BCUT2D eigenvalue weighted by Crippen LogP contribution is -2.40.